The van der Waals surface area contributed by atoms with Crippen molar-refractivity contribution < 1.29 is 13.9 Å². The number of aryl methyl sites for hydroxylation is 1. The van der Waals surface area contributed by atoms with Gasteiger partial charge in [0.05, 0.1) is 11.4 Å². The number of benzene rings is 2. The number of carbonyl (C=O) groups is 1. The minimum atomic E-state index is -0.403. The molecule has 0 aliphatic carbocycles. The molecule has 2 aromatic carbocycles. The van der Waals surface area contributed by atoms with Gasteiger partial charge >= 0.3 is 5.63 Å². The van der Waals surface area contributed by atoms with Gasteiger partial charge in [-0.05, 0) is 42.3 Å². The summed E-state index contributed by atoms with van der Waals surface area (Å²) in [5.41, 5.74) is 2.77. The standard InChI is InChI=1S/C23H20N2O4S/c1-3-16-4-8-19(9-5-16)25(15(2)26)23-24-18(14-30-23)13-28-20-10-6-17-7-11-22(27)29-21(17)12-20/h4-12,14H,3,13H2,1-2H3. The molecule has 0 spiro atoms. The number of amides is 1. The SMILES string of the molecule is CCc1ccc(N(C(C)=O)c2nc(COc3ccc4ccc(=O)oc4c3)cs2)cc1. The summed E-state index contributed by atoms with van der Waals surface area (Å²) in [6.45, 7) is 3.85. The van der Waals surface area contributed by atoms with Crippen LogP contribution in [-0.4, -0.2) is 10.9 Å². The Labute approximate surface area is 177 Å². The average Bonchev–Trinajstić information content (AvgIpc) is 3.20. The van der Waals surface area contributed by atoms with Crippen molar-refractivity contribution in [1.29, 1.82) is 0 Å². The van der Waals surface area contributed by atoms with Crippen molar-refractivity contribution >= 4 is 39.0 Å². The lowest BCUT2D eigenvalue weighted by molar-refractivity contribution is -0.115. The molecule has 0 N–H and O–H groups in total. The van der Waals surface area contributed by atoms with Crippen LogP contribution in [-0.2, 0) is 17.8 Å². The zero-order valence-electron chi connectivity index (χ0n) is 16.6. The van der Waals surface area contributed by atoms with Crippen LogP contribution in [0.4, 0.5) is 10.8 Å². The van der Waals surface area contributed by atoms with Gasteiger partial charge in [-0.15, -0.1) is 11.3 Å². The van der Waals surface area contributed by atoms with Gasteiger partial charge in [0.25, 0.3) is 0 Å². The largest absolute Gasteiger partial charge is 0.487 e. The van der Waals surface area contributed by atoms with E-state index in [1.807, 2.05) is 41.8 Å². The maximum atomic E-state index is 12.3. The molecule has 0 atom stereocenters. The molecular weight excluding hydrogens is 400 g/mol. The number of hydrogen-bond acceptors (Lipinski definition) is 6. The summed E-state index contributed by atoms with van der Waals surface area (Å²) < 4.78 is 11.0. The first-order chi connectivity index (χ1) is 14.5. The highest BCUT2D eigenvalue weighted by molar-refractivity contribution is 7.14. The molecule has 0 saturated heterocycles. The van der Waals surface area contributed by atoms with Crippen LogP contribution in [0.1, 0.15) is 25.1 Å². The molecule has 30 heavy (non-hydrogen) atoms. The van der Waals surface area contributed by atoms with Gasteiger partial charge in [0.1, 0.15) is 17.9 Å². The third kappa shape index (κ3) is 4.26. The molecule has 0 aliphatic heterocycles. The van der Waals surface area contributed by atoms with Gasteiger partial charge < -0.3 is 9.15 Å². The smallest absolute Gasteiger partial charge is 0.336 e. The van der Waals surface area contributed by atoms with Crippen molar-refractivity contribution in [3.8, 4) is 5.75 Å². The van der Waals surface area contributed by atoms with Crippen LogP contribution in [0, 0.1) is 0 Å². The summed E-state index contributed by atoms with van der Waals surface area (Å²) in [6.07, 6.45) is 0.942. The number of ether oxygens (including phenoxy) is 1. The maximum absolute atomic E-state index is 12.3. The summed E-state index contributed by atoms with van der Waals surface area (Å²) >= 11 is 1.38. The van der Waals surface area contributed by atoms with Crippen molar-refractivity contribution in [3.05, 3.63) is 81.7 Å². The van der Waals surface area contributed by atoms with Gasteiger partial charge in [-0.3, -0.25) is 9.69 Å². The monoisotopic (exact) mass is 420 g/mol. The van der Waals surface area contributed by atoms with Crippen LogP contribution in [0.2, 0.25) is 0 Å². The van der Waals surface area contributed by atoms with Gasteiger partial charge in [-0.2, -0.15) is 0 Å². The van der Waals surface area contributed by atoms with Crippen LogP contribution in [0.15, 0.2) is 69.2 Å². The zero-order valence-corrected chi connectivity index (χ0v) is 17.4. The van der Waals surface area contributed by atoms with Gasteiger partial charge in [-0.25, -0.2) is 9.78 Å². The Balaban J connectivity index is 1.51. The molecule has 152 valence electrons. The summed E-state index contributed by atoms with van der Waals surface area (Å²) in [4.78, 5) is 29.8. The molecule has 2 heterocycles. The Morgan fingerprint density at radius 3 is 2.63 bits per heavy atom. The second-order valence-corrected chi connectivity index (χ2v) is 7.58. The fourth-order valence-corrected chi connectivity index (χ4v) is 3.93. The Bertz CT molecular complexity index is 1240. The van der Waals surface area contributed by atoms with Crippen LogP contribution in [0.3, 0.4) is 0 Å². The minimum absolute atomic E-state index is 0.106. The first-order valence-corrected chi connectivity index (χ1v) is 10.4. The van der Waals surface area contributed by atoms with Crippen molar-refractivity contribution in [2.75, 3.05) is 4.90 Å². The highest BCUT2D eigenvalue weighted by Gasteiger charge is 2.18. The lowest BCUT2D eigenvalue weighted by Crippen LogP contribution is -2.22. The fourth-order valence-electron chi connectivity index (χ4n) is 3.06. The Hall–Kier alpha value is -3.45. The third-order valence-corrected chi connectivity index (χ3v) is 5.50. The molecule has 2 aromatic heterocycles. The molecule has 4 aromatic rings. The third-order valence-electron chi connectivity index (χ3n) is 4.63. The molecule has 4 rings (SSSR count). The van der Waals surface area contributed by atoms with E-state index in [1.165, 1.54) is 29.9 Å². The van der Waals surface area contributed by atoms with E-state index in [-0.39, 0.29) is 12.5 Å². The number of thiazole rings is 1. The van der Waals surface area contributed by atoms with E-state index in [0.29, 0.717) is 22.2 Å². The number of nitrogens with zero attached hydrogens (tertiary/aromatic N) is 2. The second-order valence-electron chi connectivity index (χ2n) is 6.74. The van der Waals surface area contributed by atoms with E-state index in [9.17, 15) is 9.59 Å². The van der Waals surface area contributed by atoms with E-state index < -0.39 is 5.63 Å². The molecule has 0 radical (unpaired) electrons. The van der Waals surface area contributed by atoms with Gasteiger partial charge in [0.15, 0.2) is 5.13 Å². The van der Waals surface area contributed by atoms with Crippen LogP contribution in [0.25, 0.3) is 11.0 Å². The summed E-state index contributed by atoms with van der Waals surface area (Å²) in [7, 11) is 0. The van der Waals surface area contributed by atoms with Crippen molar-refractivity contribution in [1.82, 2.24) is 4.98 Å². The molecule has 7 heteroatoms. The van der Waals surface area contributed by atoms with Gasteiger partial charge in [-0.1, -0.05) is 19.1 Å². The molecule has 1 amide bonds. The van der Waals surface area contributed by atoms with E-state index in [1.54, 1.807) is 17.0 Å². The van der Waals surface area contributed by atoms with Crippen molar-refractivity contribution in [3.63, 3.8) is 0 Å². The first kappa shape index (κ1) is 19.8. The quantitative estimate of drug-likeness (QED) is 0.407. The first-order valence-electron chi connectivity index (χ1n) is 9.54. The molecular formula is C23H20N2O4S. The molecule has 0 aliphatic rings. The highest BCUT2D eigenvalue weighted by atomic mass is 32.1. The van der Waals surface area contributed by atoms with Crippen molar-refractivity contribution in [2.45, 2.75) is 26.9 Å². The number of fused-ring (bicyclic) bond motifs is 1. The normalized spacial score (nSPS) is 10.9. The predicted octanol–water partition coefficient (Wildman–Crippen LogP) is 5.08. The van der Waals surface area contributed by atoms with E-state index in [4.69, 9.17) is 9.15 Å². The molecule has 0 bridgehead atoms. The summed E-state index contributed by atoms with van der Waals surface area (Å²) in [6, 6.07) is 16.3. The summed E-state index contributed by atoms with van der Waals surface area (Å²) in [5, 5.41) is 3.28. The molecule has 0 fully saturated rings. The van der Waals surface area contributed by atoms with Crippen LogP contribution < -0.4 is 15.3 Å². The molecule has 0 unspecified atom stereocenters. The zero-order chi connectivity index (χ0) is 21.1. The molecule has 6 nitrogen and oxygen atoms in total. The highest BCUT2D eigenvalue weighted by Crippen LogP contribution is 2.30. The predicted molar refractivity (Wildman–Crippen MR) is 118 cm³/mol. The Kier molecular flexibility index (Phi) is 5.63. The number of anilines is 2. The number of aromatic nitrogens is 1. The fraction of sp³-hybridized carbons (Fsp3) is 0.174. The Morgan fingerprint density at radius 2 is 1.90 bits per heavy atom. The Morgan fingerprint density at radius 1 is 1.13 bits per heavy atom. The van der Waals surface area contributed by atoms with Crippen molar-refractivity contribution in [2.24, 2.45) is 0 Å². The van der Waals surface area contributed by atoms with E-state index in [0.717, 1.165) is 17.5 Å². The number of carbonyl (C=O) groups excluding carboxylic acids is 1. The summed E-state index contributed by atoms with van der Waals surface area (Å²) in [5.74, 6) is 0.468. The minimum Gasteiger partial charge on any atom is -0.487 e. The topological polar surface area (TPSA) is 72.6 Å². The van der Waals surface area contributed by atoms with E-state index >= 15 is 0 Å². The maximum Gasteiger partial charge on any atom is 0.336 e. The van der Waals surface area contributed by atoms with Crippen LogP contribution >= 0.6 is 11.3 Å². The van der Waals surface area contributed by atoms with E-state index in [2.05, 4.69) is 11.9 Å². The van der Waals surface area contributed by atoms with Gasteiger partial charge in [0.2, 0.25) is 5.91 Å². The van der Waals surface area contributed by atoms with Crippen LogP contribution in [0.5, 0.6) is 5.75 Å². The lowest BCUT2D eigenvalue weighted by atomic mass is 10.1. The average molecular weight is 420 g/mol. The number of hydrogen-bond donors (Lipinski definition) is 0. The van der Waals surface area contributed by atoms with Gasteiger partial charge in [0, 0.05) is 29.8 Å². The second kappa shape index (κ2) is 8.51. The molecule has 0 saturated carbocycles. The lowest BCUT2D eigenvalue weighted by Gasteiger charge is -2.18. The number of rotatable bonds is 6.